The van der Waals surface area contributed by atoms with Gasteiger partial charge in [-0.2, -0.15) is 0 Å². The highest BCUT2D eigenvalue weighted by Crippen LogP contribution is 1.99. The standard InChI is InChI=1S/C8H14N4O2/c9-1-2-12-4-6(11-5-12)3-7(10)8(13)14/h4-5,7H,1-3,9-10H2,(H,13,14)/t7-/m0/s1. The largest absolute Gasteiger partial charge is 0.480 e. The monoisotopic (exact) mass is 198 g/mol. The van der Waals surface area contributed by atoms with Gasteiger partial charge in [-0.25, -0.2) is 4.98 Å². The number of imidazole rings is 1. The Balaban J connectivity index is 2.55. The van der Waals surface area contributed by atoms with E-state index in [4.69, 9.17) is 16.6 Å². The van der Waals surface area contributed by atoms with Crippen molar-refractivity contribution in [3.8, 4) is 0 Å². The lowest BCUT2D eigenvalue weighted by molar-refractivity contribution is -0.138. The zero-order valence-electron chi connectivity index (χ0n) is 7.76. The lowest BCUT2D eigenvalue weighted by atomic mass is 10.2. The van der Waals surface area contributed by atoms with Gasteiger partial charge in [0.2, 0.25) is 0 Å². The first-order valence-electron chi connectivity index (χ1n) is 4.32. The van der Waals surface area contributed by atoms with Gasteiger partial charge in [0, 0.05) is 25.7 Å². The quantitative estimate of drug-likeness (QED) is 0.550. The molecule has 0 unspecified atom stereocenters. The molecule has 1 rings (SSSR count). The molecule has 1 aromatic heterocycles. The van der Waals surface area contributed by atoms with Gasteiger partial charge in [0.1, 0.15) is 6.04 Å². The van der Waals surface area contributed by atoms with Gasteiger partial charge in [0.15, 0.2) is 0 Å². The molecule has 6 nitrogen and oxygen atoms in total. The van der Waals surface area contributed by atoms with Gasteiger partial charge in [-0.3, -0.25) is 4.79 Å². The number of nitrogens with two attached hydrogens (primary N) is 2. The summed E-state index contributed by atoms with van der Waals surface area (Å²) < 4.78 is 1.81. The molecule has 14 heavy (non-hydrogen) atoms. The predicted molar refractivity (Wildman–Crippen MR) is 50.6 cm³/mol. The summed E-state index contributed by atoms with van der Waals surface area (Å²) in [7, 11) is 0. The van der Waals surface area contributed by atoms with Crippen LogP contribution in [0.15, 0.2) is 12.5 Å². The van der Waals surface area contributed by atoms with Crippen LogP contribution in [-0.4, -0.2) is 33.2 Å². The van der Waals surface area contributed by atoms with Crippen LogP contribution in [0, 0.1) is 0 Å². The molecule has 0 aliphatic heterocycles. The summed E-state index contributed by atoms with van der Waals surface area (Å²) in [5.41, 5.74) is 11.4. The van der Waals surface area contributed by atoms with E-state index in [1.54, 1.807) is 12.5 Å². The second kappa shape index (κ2) is 4.73. The van der Waals surface area contributed by atoms with Crippen molar-refractivity contribution in [2.24, 2.45) is 11.5 Å². The first-order valence-corrected chi connectivity index (χ1v) is 4.32. The van der Waals surface area contributed by atoms with Crippen molar-refractivity contribution in [1.29, 1.82) is 0 Å². The van der Waals surface area contributed by atoms with Crippen LogP contribution in [0.3, 0.4) is 0 Å². The minimum Gasteiger partial charge on any atom is -0.480 e. The minimum absolute atomic E-state index is 0.243. The second-order valence-electron chi connectivity index (χ2n) is 3.04. The van der Waals surface area contributed by atoms with Gasteiger partial charge < -0.3 is 21.1 Å². The Hall–Kier alpha value is -1.40. The van der Waals surface area contributed by atoms with Crippen LogP contribution in [0.5, 0.6) is 0 Å². The first-order chi connectivity index (χ1) is 6.63. The normalized spacial score (nSPS) is 12.7. The Morgan fingerprint density at radius 1 is 1.71 bits per heavy atom. The van der Waals surface area contributed by atoms with Crippen LogP contribution in [-0.2, 0) is 17.8 Å². The number of carbonyl (C=O) groups is 1. The van der Waals surface area contributed by atoms with Gasteiger partial charge >= 0.3 is 5.97 Å². The number of carboxylic acids is 1. The summed E-state index contributed by atoms with van der Waals surface area (Å²) in [6.45, 7) is 1.20. The molecule has 0 spiro atoms. The molecule has 0 fully saturated rings. The predicted octanol–water partition coefficient (Wildman–Crippen LogP) is -1.20. The molecule has 0 saturated carbocycles. The Bertz CT molecular complexity index is 310. The Morgan fingerprint density at radius 3 is 3.00 bits per heavy atom. The average Bonchev–Trinajstić information content (AvgIpc) is 2.53. The highest BCUT2D eigenvalue weighted by Gasteiger charge is 2.13. The van der Waals surface area contributed by atoms with E-state index in [0.717, 1.165) is 0 Å². The van der Waals surface area contributed by atoms with Gasteiger partial charge in [-0.15, -0.1) is 0 Å². The smallest absolute Gasteiger partial charge is 0.320 e. The molecular formula is C8H14N4O2. The summed E-state index contributed by atoms with van der Waals surface area (Å²) in [5.74, 6) is -1.02. The molecule has 0 aromatic carbocycles. The van der Waals surface area contributed by atoms with Crippen molar-refractivity contribution in [1.82, 2.24) is 9.55 Å². The van der Waals surface area contributed by atoms with Crippen molar-refractivity contribution >= 4 is 5.97 Å². The first kappa shape index (κ1) is 10.7. The molecule has 1 atom stereocenters. The molecule has 0 aliphatic carbocycles. The minimum atomic E-state index is -1.02. The second-order valence-corrected chi connectivity index (χ2v) is 3.04. The number of aliphatic carboxylic acids is 1. The number of rotatable bonds is 5. The number of aromatic nitrogens is 2. The highest BCUT2D eigenvalue weighted by molar-refractivity contribution is 5.73. The molecule has 0 radical (unpaired) electrons. The Kier molecular flexibility index (Phi) is 3.61. The van der Waals surface area contributed by atoms with Crippen LogP contribution in [0.4, 0.5) is 0 Å². The van der Waals surface area contributed by atoms with Crippen LogP contribution in [0.2, 0.25) is 0 Å². The number of hydrogen-bond donors (Lipinski definition) is 3. The van der Waals surface area contributed by atoms with Gasteiger partial charge in [0.05, 0.1) is 12.0 Å². The molecule has 1 aromatic rings. The van der Waals surface area contributed by atoms with Gasteiger partial charge in [0.25, 0.3) is 0 Å². The van der Waals surface area contributed by atoms with Crippen LogP contribution < -0.4 is 11.5 Å². The third-order valence-electron chi connectivity index (χ3n) is 1.82. The van der Waals surface area contributed by atoms with E-state index in [1.165, 1.54) is 0 Å². The lowest BCUT2D eigenvalue weighted by Gasteiger charge is -2.02. The molecule has 78 valence electrons. The fourth-order valence-electron chi connectivity index (χ4n) is 1.10. The van der Waals surface area contributed by atoms with E-state index in [1.807, 2.05) is 4.57 Å². The van der Waals surface area contributed by atoms with Crippen LogP contribution in [0.25, 0.3) is 0 Å². The molecule has 0 aliphatic rings. The maximum Gasteiger partial charge on any atom is 0.320 e. The molecule has 0 saturated heterocycles. The summed E-state index contributed by atoms with van der Waals surface area (Å²) >= 11 is 0. The van der Waals surface area contributed by atoms with Crippen molar-refractivity contribution < 1.29 is 9.90 Å². The zero-order valence-corrected chi connectivity index (χ0v) is 7.76. The van der Waals surface area contributed by atoms with Crippen molar-refractivity contribution in [3.63, 3.8) is 0 Å². The maximum absolute atomic E-state index is 10.5. The van der Waals surface area contributed by atoms with E-state index >= 15 is 0 Å². The van der Waals surface area contributed by atoms with Gasteiger partial charge in [-0.1, -0.05) is 0 Å². The summed E-state index contributed by atoms with van der Waals surface area (Å²) in [6, 6.07) is -0.892. The van der Waals surface area contributed by atoms with E-state index in [2.05, 4.69) is 4.98 Å². The molecule has 0 amide bonds. The Labute approximate surface area is 81.5 Å². The Morgan fingerprint density at radius 2 is 2.43 bits per heavy atom. The molecular weight excluding hydrogens is 184 g/mol. The zero-order chi connectivity index (χ0) is 10.6. The lowest BCUT2D eigenvalue weighted by Crippen LogP contribution is -2.32. The van der Waals surface area contributed by atoms with E-state index in [-0.39, 0.29) is 6.42 Å². The molecule has 0 bridgehead atoms. The fraction of sp³-hybridized carbons (Fsp3) is 0.500. The van der Waals surface area contributed by atoms with E-state index in [9.17, 15) is 4.79 Å². The van der Waals surface area contributed by atoms with Crippen molar-refractivity contribution in [2.75, 3.05) is 6.54 Å². The fourth-order valence-corrected chi connectivity index (χ4v) is 1.10. The number of hydrogen-bond acceptors (Lipinski definition) is 4. The third kappa shape index (κ3) is 2.82. The van der Waals surface area contributed by atoms with Crippen LogP contribution in [0.1, 0.15) is 5.69 Å². The number of carboxylic acid groups (broad SMARTS) is 1. The van der Waals surface area contributed by atoms with Crippen molar-refractivity contribution in [2.45, 2.75) is 19.0 Å². The molecule has 6 heteroatoms. The molecule has 5 N–H and O–H groups in total. The average molecular weight is 198 g/mol. The van der Waals surface area contributed by atoms with E-state index in [0.29, 0.717) is 18.8 Å². The summed E-state index contributed by atoms with van der Waals surface area (Å²) in [6.07, 6.45) is 3.62. The van der Waals surface area contributed by atoms with E-state index < -0.39 is 12.0 Å². The summed E-state index contributed by atoms with van der Waals surface area (Å²) in [5, 5.41) is 8.57. The molecule has 1 heterocycles. The van der Waals surface area contributed by atoms with Crippen molar-refractivity contribution in [3.05, 3.63) is 18.2 Å². The van der Waals surface area contributed by atoms with Crippen LogP contribution >= 0.6 is 0 Å². The topological polar surface area (TPSA) is 107 Å². The maximum atomic E-state index is 10.5. The SMILES string of the molecule is NCCn1cnc(C[C@H](N)C(=O)O)c1. The highest BCUT2D eigenvalue weighted by atomic mass is 16.4. The summed E-state index contributed by atoms with van der Waals surface area (Å²) in [4.78, 5) is 14.5. The third-order valence-corrected chi connectivity index (χ3v) is 1.82. The number of nitrogens with zero attached hydrogens (tertiary/aromatic N) is 2. The van der Waals surface area contributed by atoms with Gasteiger partial charge in [-0.05, 0) is 0 Å².